The SMILES string of the molecule is CC/C=C\C/C=C\C/C=C\C/C=C\C/C=C\C/C=C\C/C=C\C/C=C\C/C=C\C/C=C\C/C=C\CCCCCCCCCC(=O)NC(COC1OC(CO)C(O)C(O)C1O)C(O)CCCCCCCCCCCCCCCCCCCCCCCCCCCCCCCCC. The number of hydrogen-bond donors (Lipinski definition) is 6. The molecule has 1 fully saturated rings. The van der Waals surface area contributed by atoms with Gasteiger partial charge in [-0.25, -0.2) is 0 Å². The van der Waals surface area contributed by atoms with Crippen LogP contribution in [0.15, 0.2) is 134 Å². The molecule has 0 aromatic heterocycles. The van der Waals surface area contributed by atoms with Crippen LogP contribution in [0.1, 0.15) is 348 Å². The van der Waals surface area contributed by atoms with Gasteiger partial charge in [0.2, 0.25) is 5.91 Å². The Morgan fingerprint density at radius 2 is 0.653 bits per heavy atom. The average Bonchev–Trinajstić information content (AvgIpc) is 0.836. The fourth-order valence-electron chi connectivity index (χ4n) is 12.1. The van der Waals surface area contributed by atoms with Crippen LogP contribution in [0.25, 0.3) is 0 Å². The highest BCUT2D eigenvalue weighted by molar-refractivity contribution is 5.76. The van der Waals surface area contributed by atoms with Gasteiger partial charge >= 0.3 is 0 Å². The standard InChI is InChI=1S/C86H149NO8/c1-3-5-7-9-11-13-15-17-19-21-23-25-27-29-31-33-35-36-37-38-39-40-41-42-43-44-46-48-50-52-54-56-58-60-62-64-66-68-70-72-74-76-82(90)87-79(78-94-86-85(93)84(92)83(91)81(77-88)95-86)80(89)75-73-71-69-67-65-63-61-59-57-55-53-51-49-47-45-34-32-30-28-26-24-22-20-18-16-14-12-10-8-6-4-2/h5,7,11,13,17,19,23,25,29,31,35-36,38-39,41-42,44,46,50,52,56,58,79-81,83-86,88-89,91-93H,3-4,6,8-10,12,14-16,18,20-22,24,26-28,30,32-34,37,40,43,45,47-49,51,53-55,57,59-78H2,1-2H3,(H,87,90)/b7-5-,13-11-,19-17-,25-23-,31-29-,36-35-,39-38-,42-41-,46-44-,52-50-,58-56-. The quantitative estimate of drug-likeness (QED) is 0.0261. The molecule has 0 aromatic rings. The van der Waals surface area contributed by atoms with E-state index in [0.717, 1.165) is 122 Å². The lowest BCUT2D eigenvalue weighted by atomic mass is 9.99. The van der Waals surface area contributed by atoms with E-state index in [1.165, 1.54) is 199 Å². The van der Waals surface area contributed by atoms with Crippen molar-refractivity contribution in [2.24, 2.45) is 0 Å². The number of unbranched alkanes of at least 4 members (excludes halogenated alkanes) is 37. The molecule has 6 N–H and O–H groups in total. The zero-order valence-corrected chi connectivity index (χ0v) is 61.4. The first-order valence-corrected chi connectivity index (χ1v) is 39.9. The van der Waals surface area contributed by atoms with Gasteiger partial charge < -0.3 is 40.3 Å². The van der Waals surface area contributed by atoms with Gasteiger partial charge in [0.15, 0.2) is 6.29 Å². The lowest BCUT2D eigenvalue weighted by Crippen LogP contribution is -2.60. The lowest BCUT2D eigenvalue weighted by molar-refractivity contribution is -0.302. The van der Waals surface area contributed by atoms with Gasteiger partial charge in [-0.3, -0.25) is 4.79 Å². The maximum absolute atomic E-state index is 13.2. The van der Waals surface area contributed by atoms with Crippen molar-refractivity contribution in [2.45, 2.75) is 391 Å². The van der Waals surface area contributed by atoms with Crippen LogP contribution in [0, 0.1) is 0 Å². The van der Waals surface area contributed by atoms with Crippen LogP contribution in [0.2, 0.25) is 0 Å². The number of nitrogens with one attached hydrogen (secondary N) is 1. The molecule has 95 heavy (non-hydrogen) atoms. The van der Waals surface area contributed by atoms with Crippen LogP contribution in [0.4, 0.5) is 0 Å². The van der Waals surface area contributed by atoms with Gasteiger partial charge in [0.25, 0.3) is 0 Å². The van der Waals surface area contributed by atoms with Crippen LogP contribution in [-0.4, -0.2) is 87.5 Å². The third kappa shape index (κ3) is 61.2. The molecule has 0 spiro atoms. The number of ether oxygens (including phenoxy) is 2. The van der Waals surface area contributed by atoms with Crippen molar-refractivity contribution in [2.75, 3.05) is 13.2 Å². The predicted molar refractivity (Wildman–Crippen MR) is 410 cm³/mol. The van der Waals surface area contributed by atoms with Gasteiger partial charge in [-0.15, -0.1) is 0 Å². The van der Waals surface area contributed by atoms with Crippen molar-refractivity contribution < 1.29 is 39.8 Å². The normalized spacial score (nSPS) is 18.2. The first-order chi connectivity index (χ1) is 46.8. The molecule has 0 aliphatic carbocycles. The number of carbonyl (C=O) groups excluding carboxylic acids is 1. The van der Waals surface area contributed by atoms with Crippen molar-refractivity contribution in [3.05, 3.63) is 134 Å². The largest absolute Gasteiger partial charge is 0.394 e. The molecule has 0 radical (unpaired) electrons. The first-order valence-electron chi connectivity index (χ1n) is 39.9. The molecule has 7 atom stereocenters. The summed E-state index contributed by atoms with van der Waals surface area (Å²) in [5, 5.41) is 55.1. The van der Waals surface area contributed by atoms with Crippen LogP contribution in [0.5, 0.6) is 0 Å². The van der Waals surface area contributed by atoms with Gasteiger partial charge in [-0.05, 0) is 96.3 Å². The molecule has 546 valence electrons. The predicted octanol–water partition coefficient (Wildman–Crippen LogP) is 23.1. The molecule has 9 heteroatoms. The Kier molecular flexibility index (Phi) is 68.7. The number of aliphatic hydroxyl groups excluding tert-OH is 5. The summed E-state index contributed by atoms with van der Waals surface area (Å²) < 4.78 is 11.4. The third-order valence-electron chi connectivity index (χ3n) is 18.3. The maximum atomic E-state index is 13.2. The fourth-order valence-corrected chi connectivity index (χ4v) is 12.1. The summed E-state index contributed by atoms with van der Waals surface area (Å²) in [4.78, 5) is 13.2. The minimum absolute atomic E-state index is 0.148. The summed E-state index contributed by atoms with van der Waals surface area (Å²) in [6, 6.07) is -0.737. The van der Waals surface area contributed by atoms with E-state index in [1.807, 2.05) is 0 Å². The van der Waals surface area contributed by atoms with E-state index in [2.05, 4.69) is 153 Å². The molecule has 0 bridgehead atoms. The molecular formula is C86H149NO8. The summed E-state index contributed by atoms with van der Waals surface area (Å²) in [7, 11) is 0. The Morgan fingerprint density at radius 1 is 0.368 bits per heavy atom. The second-order valence-electron chi connectivity index (χ2n) is 27.1. The minimum atomic E-state index is -1.56. The van der Waals surface area contributed by atoms with Crippen LogP contribution in [-0.2, 0) is 14.3 Å². The molecule has 9 nitrogen and oxygen atoms in total. The molecule has 1 aliphatic heterocycles. The van der Waals surface area contributed by atoms with Crippen molar-refractivity contribution in [3.8, 4) is 0 Å². The van der Waals surface area contributed by atoms with E-state index in [1.54, 1.807) is 0 Å². The molecule has 1 amide bonds. The van der Waals surface area contributed by atoms with Gasteiger partial charge in [0.1, 0.15) is 24.4 Å². The van der Waals surface area contributed by atoms with E-state index >= 15 is 0 Å². The number of amides is 1. The van der Waals surface area contributed by atoms with E-state index in [0.29, 0.717) is 12.8 Å². The Labute approximate surface area is 585 Å². The van der Waals surface area contributed by atoms with Crippen LogP contribution in [0.3, 0.4) is 0 Å². The molecule has 0 saturated carbocycles. The minimum Gasteiger partial charge on any atom is -0.394 e. The fraction of sp³-hybridized carbons (Fsp3) is 0.733. The number of allylic oxidation sites excluding steroid dienone is 22. The van der Waals surface area contributed by atoms with Crippen molar-refractivity contribution in [1.82, 2.24) is 5.32 Å². The molecule has 1 rings (SSSR count). The van der Waals surface area contributed by atoms with E-state index in [4.69, 9.17) is 9.47 Å². The van der Waals surface area contributed by atoms with Gasteiger partial charge in [-0.1, -0.05) is 379 Å². The molecule has 1 saturated heterocycles. The number of carbonyl (C=O) groups is 1. The Hall–Kier alpha value is -3.67. The topological polar surface area (TPSA) is 149 Å². The van der Waals surface area contributed by atoms with Gasteiger partial charge in [0, 0.05) is 6.42 Å². The van der Waals surface area contributed by atoms with E-state index in [-0.39, 0.29) is 12.5 Å². The van der Waals surface area contributed by atoms with E-state index in [9.17, 15) is 30.3 Å². The number of aliphatic hydroxyl groups is 5. The van der Waals surface area contributed by atoms with Crippen molar-refractivity contribution >= 4 is 5.91 Å². The summed E-state index contributed by atoms with van der Waals surface area (Å²) in [5.74, 6) is -0.156. The number of rotatable bonds is 69. The molecule has 7 unspecified atom stereocenters. The second kappa shape index (κ2) is 73.1. The highest BCUT2D eigenvalue weighted by Crippen LogP contribution is 2.24. The van der Waals surface area contributed by atoms with E-state index < -0.39 is 49.5 Å². The van der Waals surface area contributed by atoms with Crippen molar-refractivity contribution in [3.63, 3.8) is 0 Å². The van der Waals surface area contributed by atoms with Crippen LogP contribution < -0.4 is 5.32 Å². The van der Waals surface area contributed by atoms with Gasteiger partial charge in [0.05, 0.1) is 25.4 Å². The Balaban J connectivity index is 2.12. The third-order valence-corrected chi connectivity index (χ3v) is 18.3. The Morgan fingerprint density at radius 3 is 0.968 bits per heavy atom. The molecule has 1 aliphatic rings. The molecule has 0 aromatic carbocycles. The summed E-state index contributed by atoms with van der Waals surface area (Å²) in [6.07, 6.45) is 104. The first kappa shape index (κ1) is 89.3. The summed E-state index contributed by atoms with van der Waals surface area (Å²) in [6.45, 7) is 3.75. The zero-order chi connectivity index (χ0) is 68.5. The second-order valence-corrected chi connectivity index (χ2v) is 27.1. The van der Waals surface area contributed by atoms with Crippen LogP contribution >= 0.6 is 0 Å². The van der Waals surface area contributed by atoms with Gasteiger partial charge in [-0.2, -0.15) is 0 Å². The molecule has 1 heterocycles. The highest BCUT2D eigenvalue weighted by Gasteiger charge is 2.44. The smallest absolute Gasteiger partial charge is 0.220 e. The number of hydrogen-bond acceptors (Lipinski definition) is 8. The highest BCUT2D eigenvalue weighted by atomic mass is 16.7. The monoisotopic (exact) mass is 1320 g/mol. The maximum Gasteiger partial charge on any atom is 0.220 e. The van der Waals surface area contributed by atoms with Crippen molar-refractivity contribution in [1.29, 1.82) is 0 Å². The summed E-state index contributed by atoms with van der Waals surface area (Å²) >= 11 is 0. The lowest BCUT2D eigenvalue weighted by Gasteiger charge is -2.40. The zero-order valence-electron chi connectivity index (χ0n) is 61.4. The molecular weight excluding hydrogens is 1170 g/mol. The summed E-state index contributed by atoms with van der Waals surface area (Å²) in [5.41, 5.74) is 0. The average molecular weight is 1330 g/mol. The Bertz CT molecular complexity index is 1980.